The van der Waals surface area contributed by atoms with E-state index in [4.69, 9.17) is 9.47 Å². The van der Waals surface area contributed by atoms with Gasteiger partial charge in [-0.25, -0.2) is 14.4 Å². The Balaban J connectivity index is 3.93. The van der Waals surface area contributed by atoms with E-state index in [2.05, 4.69) is 10.1 Å². The van der Waals surface area contributed by atoms with Crippen molar-refractivity contribution >= 4 is 18.2 Å². The van der Waals surface area contributed by atoms with E-state index in [-0.39, 0.29) is 6.10 Å². The first kappa shape index (κ1) is 17.2. The van der Waals surface area contributed by atoms with Crippen LogP contribution in [0.15, 0.2) is 0 Å². The van der Waals surface area contributed by atoms with E-state index in [1.54, 1.807) is 27.7 Å². The number of amides is 1. The summed E-state index contributed by atoms with van der Waals surface area (Å²) in [5.41, 5.74) is -0.663. The summed E-state index contributed by atoms with van der Waals surface area (Å²) in [4.78, 5) is 33.5. The van der Waals surface area contributed by atoms with Gasteiger partial charge in [-0.3, -0.25) is 0 Å². The van der Waals surface area contributed by atoms with E-state index in [0.717, 1.165) is 0 Å². The Labute approximate surface area is 112 Å². The Bertz CT molecular complexity index is 334. The van der Waals surface area contributed by atoms with Crippen LogP contribution in [-0.2, 0) is 19.0 Å². The van der Waals surface area contributed by atoms with Crippen LogP contribution in [0.1, 0.15) is 41.0 Å². The number of hydrogen-bond acceptors (Lipinski definition) is 6. The zero-order valence-electron chi connectivity index (χ0n) is 11.9. The van der Waals surface area contributed by atoms with Gasteiger partial charge in [0.05, 0.1) is 0 Å². The Morgan fingerprint density at radius 1 is 1.21 bits per heavy atom. The van der Waals surface area contributed by atoms with Gasteiger partial charge in [0, 0.05) is 0 Å². The third kappa shape index (κ3) is 9.87. The van der Waals surface area contributed by atoms with Gasteiger partial charge in [0.2, 0.25) is 0 Å². The van der Waals surface area contributed by atoms with Crippen molar-refractivity contribution in [1.82, 2.24) is 5.32 Å². The van der Waals surface area contributed by atoms with E-state index in [1.807, 2.05) is 6.92 Å². The largest absolute Gasteiger partial charge is 0.516 e. The van der Waals surface area contributed by atoms with Crippen molar-refractivity contribution < 1.29 is 28.6 Å². The Morgan fingerprint density at radius 2 is 1.79 bits per heavy atom. The quantitative estimate of drug-likeness (QED) is 0.623. The highest BCUT2D eigenvalue weighted by Gasteiger charge is 2.18. The SMILES string of the molecule is CCC(C)OC(=O)OC(=O)CNC(=O)OC(C)(C)C. The number of ether oxygens (including phenoxy) is 3. The van der Waals surface area contributed by atoms with Crippen LogP contribution in [-0.4, -0.2) is 36.5 Å². The number of rotatable bonds is 4. The highest BCUT2D eigenvalue weighted by atomic mass is 16.7. The summed E-state index contributed by atoms with van der Waals surface area (Å²) >= 11 is 0. The van der Waals surface area contributed by atoms with E-state index in [1.165, 1.54) is 0 Å². The molecule has 0 heterocycles. The lowest BCUT2D eigenvalue weighted by atomic mass is 10.2. The summed E-state index contributed by atoms with van der Waals surface area (Å²) in [7, 11) is 0. The monoisotopic (exact) mass is 275 g/mol. The maximum absolute atomic E-state index is 11.2. The summed E-state index contributed by atoms with van der Waals surface area (Å²) in [6, 6.07) is 0. The zero-order chi connectivity index (χ0) is 15.1. The molecule has 0 rings (SSSR count). The summed E-state index contributed by atoms with van der Waals surface area (Å²) in [5, 5.41) is 2.17. The van der Waals surface area contributed by atoms with Crippen molar-refractivity contribution in [2.75, 3.05) is 6.54 Å². The standard InChI is InChI=1S/C12H21NO6/c1-6-8(2)17-11(16)18-9(14)7-13-10(15)19-12(3,4)5/h8H,6-7H2,1-5H3,(H,13,15). The molecular formula is C12H21NO6. The zero-order valence-corrected chi connectivity index (χ0v) is 11.9. The van der Waals surface area contributed by atoms with Crippen LogP contribution in [0.3, 0.4) is 0 Å². The average molecular weight is 275 g/mol. The van der Waals surface area contributed by atoms with Crippen LogP contribution in [0.5, 0.6) is 0 Å². The molecule has 0 aromatic heterocycles. The lowest BCUT2D eigenvalue weighted by molar-refractivity contribution is -0.139. The van der Waals surface area contributed by atoms with Crippen LogP contribution in [0.25, 0.3) is 0 Å². The average Bonchev–Trinajstić information content (AvgIpc) is 2.23. The van der Waals surface area contributed by atoms with Crippen molar-refractivity contribution in [2.45, 2.75) is 52.7 Å². The summed E-state index contributed by atoms with van der Waals surface area (Å²) in [5.74, 6) is -0.917. The minimum atomic E-state index is -1.08. The van der Waals surface area contributed by atoms with E-state index in [9.17, 15) is 14.4 Å². The van der Waals surface area contributed by atoms with Crippen LogP contribution < -0.4 is 5.32 Å². The molecule has 0 radical (unpaired) electrons. The molecule has 19 heavy (non-hydrogen) atoms. The van der Waals surface area contributed by atoms with Gasteiger partial charge in [-0.2, -0.15) is 0 Å². The fourth-order valence-electron chi connectivity index (χ4n) is 0.859. The van der Waals surface area contributed by atoms with Gasteiger partial charge in [0.15, 0.2) is 0 Å². The first-order valence-corrected chi connectivity index (χ1v) is 6.02. The highest BCUT2D eigenvalue weighted by molar-refractivity contribution is 5.85. The molecule has 0 fully saturated rings. The molecule has 0 spiro atoms. The Hall–Kier alpha value is -1.79. The molecule has 0 bridgehead atoms. The van der Waals surface area contributed by atoms with Gasteiger partial charge in [0.25, 0.3) is 0 Å². The maximum atomic E-state index is 11.2. The molecule has 0 aliphatic heterocycles. The van der Waals surface area contributed by atoms with Crippen molar-refractivity contribution in [3.05, 3.63) is 0 Å². The topological polar surface area (TPSA) is 90.9 Å². The first-order chi connectivity index (χ1) is 8.64. The molecule has 1 unspecified atom stereocenters. The van der Waals surface area contributed by atoms with Crippen molar-refractivity contribution in [3.63, 3.8) is 0 Å². The molecule has 0 aromatic rings. The Kier molecular flexibility index (Phi) is 6.89. The molecule has 7 nitrogen and oxygen atoms in total. The molecule has 0 aliphatic carbocycles. The number of esters is 1. The molecule has 0 saturated heterocycles. The number of nitrogens with one attached hydrogen (secondary N) is 1. The fraction of sp³-hybridized carbons (Fsp3) is 0.750. The van der Waals surface area contributed by atoms with Crippen LogP contribution in [0.2, 0.25) is 0 Å². The molecule has 0 aromatic carbocycles. The second-order valence-corrected chi connectivity index (χ2v) is 4.92. The summed E-state index contributed by atoms with van der Waals surface area (Å²) in [6.07, 6.45) is -1.57. The number of carbonyl (C=O) groups is 3. The Morgan fingerprint density at radius 3 is 2.26 bits per heavy atom. The van der Waals surface area contributed by atoms with Gasteiger partial charge in [0.1, 0.15) is 18.2 Å². The van der Waals surface area contributed by atoms with Gasteiger partial charge in [-0.15, -0.1) is 0 Å². The minimum Gasteiger partial charge on any atom is -0.444 e. The van der Waals surface area contributed by atoms with Gasteiger partial charge >= 0.3 is 18.2 Å². The minimum absolute atomic E-state index is 0.334. The second-order valence-electron chi connectivity index (χ2n) is 4.92. The maximum Gasteiger partial charge on any atom is 0.516 e. The van der Waals surface area contributed by atoms with Crippen LogP contribution >= 0.6 is 0 Å². The third-order valence-electron chi connectivity index (χ3n) is 1.85. The predicted octanol–water partition coefficient (Wildman–Crippen LogP) is 1.99. The van der Waals surface area contributed by atoms with Gasteiger partial charge in [-0.1, -0.05) is 6.92 Å². The second kappa shape index (κ2) is 7.60. The predicted molar refractivity (Wildman–Crippen MR) is 66.6 cm³/mol. The summed E-state index contributed by atoms with van der Waals surface area (Å²) < 4.78 is 14.0. The van der Waals surface area contributed by atoms with Crippen molar-refractivity contribution in [2.24, 2.45) is 0 Å². The van der Waals surface area contributed by atoms with Gasteiger partial charge < -0.3 is 19.5 Å². The van der Waals surface area contributed by atoms with Crippen LogP contribution in [0, 0.1) is 0 Å². The first-order valence-electron chi connectivity index (χ1n) is 6.02. The molecule has 1 atom stereocenters. The summed E-state index contributed by atoms with van der Waals surface area (Å²) in [6.45, 7) is 8.09. The molecule has 1 amide bonds. The smallest absolute Gasteiger partial charge is 0.444 e. The van der Waals surface area contributed by atoms with E-state index >= 15 is 0 Å². The molecule has 1 N–H and O–H groups in total. The molecule has 7 heteroatoms. The fourth-order valence-corrected chi connectivity index (χ4v) is 0.859. The van der Waals surface area contributed by atoms with Crippen LogP contribution in [0.4, 0.5) is 9.59 Å². The van der Waals surface area contributed by atoms with E-state index < -0.39 is 30.4 Å². The normalized spacial score (nSPS) is 12.3. The number of carbonyl (C=O) groups excluding carboxylic acids is 3. The molecular weight excluding hydrogens is 254 g/mol. The lowest BCUT2D eigenvalue weighted by Gasteiger charge is -2.19. The molecule has 0 aliphatic rings. The molecule has 110 valence electrons. The lowest BCUT2D eigenvalue weighted by Crippen LogP contribution is -2.36. The highest BCUT2D eigenvalue weighted by Crippen LogP contribution is 2.06. The number of alkyl carbamates (subject to hydrolysis) is 1. The van der Waals surface area contributed by atoms with Gasteiger partial charge in [-0.05, 0) is 34.1 Å². The van der Waals surface area contributed by atoms with E-state index in [0.29, 0.717) is 6.42 Å². The molecule has 0 saturated carbocycles. The van der Waals surface area contributed by atoms with Crippen molar-refractivity contribution in [1.29, 1.82) is 0 Å². The number of hydrogen-bond donors (Lipinski definition) is 1. The van der Waals surface area contributed by atoms with Crippen molar-refractivity contribution in [3.8, 4) is 0 Å². The third-order valence-corrected chi connectivity index (χ3v) is 1.85.